The summed E-state index contributed by atoms with van der Waals surface area (Å²) in [6.45, 7) is 0. The van der Waals surface area contributed by atoms with Crippen molar-refractivity contribution in [1.29, 1.82) is 0 Å². The summed E-state index contributed by atoms with van der Waals surface area (Å²) in [7, 11) is 0. The molecule has 2 saturated heterocycles. The number of hydroxylamine groups is 1. The Morgan fingerprint density at radius 1 is 1.00 bits per heavy atom. The van der Waals surface area contributed by atoms with Crippen LogP contribution in [0.3, 0.4) is 0 Å². The second-order valence-electron chi connectivity index (χ2n) is 7.92. The molecule has 2 amide bonds. The number of hydrogen-bond acceptors (Lipinski definition) is 5. The van der Waals surface area contributed by atoms with Gasteiger partial charge in [0, 0.05) is 22.9 Å². The van der Waals surface area contributed by atoms with Crippen LogP contribution in [-0.4, -0.2) is 33.8 Å². The summed E-state index contributed by atoms with van der Waals surface area (Å²) in [6, 6.07) is 11.1. The van der Waals surface area contributed by atoms with Crippen LogP contribution in [0.25, 0.3) is 0 Å². The van der Waals surface area contributed by atoms with Crippen LogP contribution in [0.5, 0.6) is 0 Å². The van der Waals surface area contributed by atoms with Crippen LogP contribution in [0.15, 0.2) is 53.3 Å². The molecule has 5 rings (SSSR count). The van der Waals surface area contributed by atoms with Crippen molar-refractivity contribution in [3.05, 3.63) is 58.8 Å². The summed E-state index contributed by atoms with van der Waals surface area (Å²) in [4.78, 5) is 38.6. The third-order valence-electron chi connectivity index (χ3n) is 6.20. The molecule has 3 aliphatic rings. The number of amides is 2. The van der Waals surface area contributed by atoms with E-state index in [1.165, 1.54) is 11.3 Å². The van der Waals surface area contributed by atoms with Crippen LogP contribution in [0, 0.1) is 5.92 Å². The zero-order valence-electron chi connectivity index (χ0n) is 15.9. The van der Waals surface area contributed by atoms with Gasteiger partial charge in [0.15, 0.2) is 6.10 Å². The Labute approximate surface area is 177 Å². The van der Waals surface area contributed by atoms with Gasteiger partial charge in [0.05, 0.1) is 11.7 Å². The molecule has 0 spiro atoms. The highest BCUT2D eigenvalue weighted by Crippen LogP contribution is 2.47. The molecule has 2 aliphatic heterocycles. The first-order valence-corrected chi connectivity index (χ1v) is 10.9. The molecule has 1 saturated carbocycles. The Kier molecular flexibility index (Phi) is 4.87. The van der Waals surface area contributed by atoms with E-state index in [2.05, 4.69) is 20.9 Å². The van der Waals surface area contributed by atoms with Crippen molar-refractivity contribution in [2.45, 2.75) is 50.3 Å². The number of likely N-dealkylation sites (tertiary alicyclic amines) is 1. The minimum atomic E-state index is -0.779. The first kappa shape index (κ1) is 18.8. The molecule has 1 aromatic heterocycles. The predicted octanol–water partition coefficient (Wildman–Crippen LogP) is 4.02. The summed E-state index contributed by atoms with van der Waals surface area (Å²) in [5.74, 6) is -0.863. The normalized spacial score (nSPS) is 27.6. The topological polar surface area (TPSA) is 62.7 Å². The zero-order chi connectivity index (χ0) is 20.0. The molecular weight excluding hydrogens is 434 g/mol. The van der Waals surface area contributed by atoms with Gasteiger partial charge in [-0.05, 0) is 48.7 Å². The van der Waals surface area contributed by atoms with Gasteiger partial charge < -0.3 is 0 Å². The van der Waals surface area contributed by atoms with Crippen molar-refractivity contribution in [3.8, 4) is 0 Å². The number of rotatable bonds is 3. The number of carbonyl (C=O) groups excluding carboxylic acids is 2. The number of hydrogen-bond donors (Lipinski definition) is 0. The number of benzene rings is 1. The summed E-state index contributed by atoms with van der Waals surface area (Å²) < 4.78 is 0.953. The first-order valence-electron chi connectivity index (χ1n) is 10.1. The van der Waals surface area contributed by atoms with Gasteiger partial charge in [-0.3, -0.25) is 24.3 Å². The van der Waals surface area contributed by atoms with Gasteiger partial charge in [-0.1, -0.05) is 41.3 Å². The van der Waals surface area contributed by atoms with E-state index in [-0.39, 0.29) is 23.9 Å². The number of imide groups is 1. The predicted molar refractivity (Wildman–Crippen MR) is 111 cm³/mol. The molecule has 0 N–H and O–H groups in total. The maximum absolute atomic E-state index is 13.5. The number of fused-ring (bicyclic) bond motifs is 1. The Morgan fingerprint density at radius 2 is 1.76 bits per heavy atom. The number of pyridine rings is 1. The molecule has 1 aliphatic carbocycles. The van der Waals surface area contributed by atoms with E-state index in [9.17, 15) is 9.59 Å². The molecule has 0 bridgehead atoms. The fourth-order valence-corrected chi connectivity index (χ4v) is 5.10. The summed E-state index contributed by atoms with van der Waals surface area (Å²) in [5.41, 5.74) is 1.68. The average Bonchev–Trinajstić information content (AvgIpc) is 3.26. The number of carbonyl (C=O) groups is 2. The average molecular weight is 456 g/mol. The maximum Gasteiger partial charge on any atom is 0.262 e. The van der Waals surface area contributed by atoms with Crippen molar-refractivity contribution in [2.24, 2.45) is 5.92 Å². The molecule has 6 nitrogen and oxygen atoms in total. The molecule has 0 radical (unpaired) electrons. The highest BCUT2D eigenvalue weighted by molar-refractivity contribution is 9.10. The van der Waals surface area contributed by atoms with Gasteiger partial charge in [-0.25, -0.2) is 5.06 Å². The van der Waals surface area contributed by atoms with E-state index in [4.69, 9.17) is 4.84 Å². The monoisotopic (exact) mass is 455 g/mol. The van der Waals surface area contributed by atoms with Crippen molar-refractivity contribution in [1.82, 2.24) is 9.88 Å². The van der Waals surface area contributed by atoms with Gasteiger partial charge >= 0.3 is 0 Å². The number of nitrogens with zero attached hydrogens (tertiary/aromatic N) is 3. The van der Waals surface area contributed by atoms with E-state index in [0.29, 0.717) is 0 Å². The number of anilines is 1. The van der Waals surface area contributed by atoms with Crippen LogP contribution in [0.1, 0.15) is 43.7 Å². The first-order chi connectivity index (χ1) is 14.1. The van der Waals surface area contributed by atoms with Gasteiger partial charge in [0.2, 0.25) is 5.91 Å². The van der Waals surface area contributed by atoms with Crippen LogP contribution >= 0.6 is 15.9 Å². The van der Waals surface area contributed by atoms with Crippen molar-refractivity contribution in [2.75, 3.05) is 5.06 Å². The van der Waals surface area contributed by atoms with E-state index < -0.39 is 12.0 Å². The SMILES string of the molecule is O=C1[C@@H]2[C@@H](ON(c3ccc(Br)cc3)[C@H]2c2cccnc2)C(=O)N1C1CCCCC1. The maximum atomic E-state index is 13.5. The van der Waals surface area contributed by atoms with Gasteiger partial charge in [-0.2, -0.15) is 0 Å². The van der Waals surface area contributed by atoms with Crippen molar-refractivity contribution in [3.63, 3.8) is 0 Å². The standard InChI is InChI=1S/C22H22BrN3O3/c23-15-8-10-17(11-9-15)26-19(14-5-4-12-24-13-14)18-20(29-26)22(28)25(21(18)27)16-6-2-1-3-7-16/h4-5,8-13,16,18-20H,1-3,6-7H2/t18-,19-,20+/m0/s1. The van der Waals surface area contributed by atoms with Crippen LogP contribution in [-0.2, 0) is 14.4 Å². The van der Waals surface area contributed by atoms with E-state index in [0.717, 1.165) is 41.4 Å². The third kappa shape index (κ3) is 3.16. The van der Waals surface area contributed by atoms with Gasteiger partial charge in [-0.15, -0.1) is 0 Å². The molecule has 150 valence electrons. The minimum absolute atomic E-state index is 0.00799. The van der Waals surface area contributed by atoms with E-state index >= 15 is 0 Å². The zero-order valence-corrected chi connectivity index (χ0v) is 17.5. The van der Waals surface area contributed by atoms with Crippen molar-refractivity contribution < 1.29 is 14.4 Å². The third-order valence-corrected chi connectivity index (χ3v) is 6.73. The highest BCUT2D eigenvalue weighted by atomic mass is 79.9. The second kappa shape index (κ2) is 7.54. The molecule has 1 aromatic carbocycles. The lowest BCUT2D eigenvalue weighted by molar-refractivity contribution is -0.146. The van der Waals surface area contributed by atoms with Crippen molar-refractivity contribution >= 4 is 33.4 Å². The summed E-state index contributed by atoms with van der Waals surface area (Å²) in [5, 5.41) is 1.72. The number of aromatic nitrogens is 1. The number of halogens is 1. The summed E-state index contributed by atoms with van der Waals surface area (Å²) >= 11 is 3.45. The largest absolute Gasteiger partial charge is 0.277 e. The fourth-order valence-electron chi connectivity index (χ4n) is 4.84. The lowest BCUT2D eigenvalue weighted by atomic mass is 9.91. The second-order valence-corrected chi connectivity index (χ2v) is 8.84. The van der Waals surface area contributed by atoms with Crippen LogP contribution in [0.2, 0.25) is 0 Å². The lowest BCUT2D eigenvalue weighted by Gasteiger charge is -2.33. The van der Waals surface area contributed by atoms with Crippen LogP contribution in [0.4, 0.5) is 5.69 Å². The smallest absolute Gasteiger partial charge is 0.262 e. The summed E-state index contributed by atoms with van der Waals surface area (Å²) in [6.07, 6.45) is 7.77. The highest BCUT2D eigenvalue weighted by Gasteiger charge is 2.61. The van der Waals surface area contributed by atoms with Gasteiger partial charge in [0.1, 0.15) is 5.92 Å². The van der Waals surface area contributed by atoms with Crippen LogP contribution < -0.4 is 5.06 Å². The van der Waals surface area contributed by atoms with Gasteiger partial charge in [0.25, 0.3) is 5.91 Å². The molecule has 3 atom stereocenters. The molecule has 3 fully saturated rings. The molecular formula is C22H22BrN3O3. The Hall–Kier alpha value is -2.25. The van der Waals surface area contributed by atoms with E-state index in [1.807, 2.05) is 36.4 Å². The molecule has 3 heterocycles. The molecule has 2 aromatic rings. The Morgan fingerprint density at radius 3 is 2.45 bits per heavy atom. The lowest BCUT2D eigenvalue weighted by Crippen LogP contribution is -2.44. The molecule has 0 unspecified atom stereocenters. The Bertz CT molecular complexity index is 915. The Balaban J connectivity index is 1.53. The molecule has 29 heavy (non-hydrogen) atoms. The minimum Gasteiger partial charge on any atom is -0.277 e. The molecule has 7 heteroatoms. The fraction of sp³-hybridized carbons (Fsp3) is 0.409. The quantitative estimate of drug-likeness (QED) is 0.653. The van der Waals surface area contributed by atoms with E-state index in [1.54, 1.807) is 17.5 Å².